The lowest BCUT2D eigenvalue weighted by Crippen LogP contribution is -2.50. The second-order valence-electron chi connectivity index (χ2n) is 7.11. The first-order chi connectivity index (χ1) is 12.6. The van der Waals surface area contributed by atoms with Crippen LogP contribution in [0.4, 0.5) is 0 Å². The molecule has 134 valence electrons. The summed E-state index contributed by atoms with van der Waals surface area (Å²) in [7, 11) is 0. The number of amides is 2. The van der Waals surface area contributed by atoms with E-state index in [1.807, 2.05) is 6.07 Å². The van der Waals surface area contributed by atoms with Crippen molar-refractivity contribution >= 4 is 11.8 Å². The molecular formula is C20H22N4O2. The van der Waals surface area contributed by atoms with Crippen molar-refractivity contribution in [1.82, 2.24) is 10.6 Å². The Morgan fingerprint density at radius 1 is 1.04 bits per heavy atom. The zero-order valence-corrected chi connectivity index (χ0v) is 14.6. The molecule has 2 amide bonds. The van der Waals surface area contributed by atoms with Crippen LogP contribution in [0.5, 0.6) is 0 Å². The molecular weight excluding hydrogens is 328 g/mol. The van der Waals surface area contributed by atoms with E-state index in [0.717, 1.165) is 32.1 Å². The van der Waals surface area contributed by atoms with E-state index in [1.165, 1.54) is 0 Å². The molecule has 2 aliphatic carbocycles. The minimum absolute atomic E-state index is 0.131. The second-order valence-corrected chi connectivity index (χ2v) is 7.11. The highest BCUT2D eigenvalue weighted by Crippen LogP contribution is 2.33. The van der Waals surface area contributed by atoms with E-state index in [0.29, 0.717) is 17.5 Å². The molecule has 2 aliphatic rings. The van der Waals surface area contributed by atoms with E-state index in [9.17, 15) is 14.9 Å². The Labute approximate surface area is 153 Å². The Morgan fingerprint density at radius 2 is 1.73 bits per heavy atom. The van der Waals surface area contributed by atoms with Crippen molar-refractivity contribution in [2.24, 2.45) is 11.8 Å². The van der Waals surface area contributed by atoms with Gasteiger partial charge >= 0.3 is 0 Å². The Morgan fingerprint density at radius 3 is 2.35 bits per heavy atom. The van der Waals surface area contributed by atoms with Gasteiger partial charge in [-0.05, 0) is 55.9 Å². The van der Waals surface area contributed by atoms with E-state index < -0.39 is 6.04 Å². The predicted molar refractivity (Wildman–Crippen MR) is 94.6 cm³/mol. The first kappa shape index (κ1) is 17.9. The first-order valence-electron chi connectivity index (χ1n) is 9.13. The van der Waals surface area contributed by atoms with E-state index >= 15 is 0 Å². The third-order valence-corrected chi connectivity index (χ3v) is 5.23. The highest BCUT2D eigenvalue weighted by molar-refractivity contribution is 5.95. The predicted octanol–water partition coefficient (Wildman–Crippen LogP) is 2.27. The van der Waals surface area contributed by atoms with Crippen molar-refractivity contribution in [3.63, 3.8) is 0 Å². The van der Waals surface area contributed by atoms with Crippen LogP contribution in [0.2, 0.25) is 0 Å². The van der Waals surface area contributed by atoms with Gasteiger partial charge in [-0.25, -0.2) is 0 Å². The van der Waals surface area contributed by atoms with Gasteiger partial charge in [-0.3, -0.25) is 9.59 Å². The van der Waals surface area contributed by atoms with E-state index in [4.69, 9.17) is 5.26 Å². The lowest BCUT2D eigenvalue weighted by Gasteiger charge is -2.31. The van der Waals surface area contributed by atoms with Gasteiger partial charge in [-0.1, -0.05) is 12.8 Å². The summed E-state index contributed by atoms with van der Waals surface area (Å²) in [6, 6.07) is 10.00. The molecule has 0 aliphatic heterocycles. The molecule has 6 heteroatoms. The first-order valence-corrected chi connectivity index (χ1v) is 9.13. The second kappa shape index (κ2) is 8.01. The van der Waals surface area contributed by atoms with Gasteiger partial charge in [0.05, 0.1) is 23.6 Å². The minimum Gasteiger partial charge on any atom is -0.349 e. The molecule has 0 spiro atoms. The zero-order chi connectivity index (χ0) is 18.5. The normalized spacial score (nSPS) is 23.2. The summed E-state index contributed by atoms with van der Waals surface area (Å²) in [5.41, 5.74) is 0.973. The quantitative estimate of drug-likeness (QED) is 0.849. The summed E-state index contributed by atoms with van der Waals surface area (Å²) in [5.74, 6) is -0.397. The minimum atomic E-state index is -0.417. The van der Waals surface area contributed by atoms with Gasteiger partial charge in [0.2, 0.25) is 5.91 Å². The Bertz CT molecular complexity index is 756. The number of nitriles is 2. The summed E-state index contributed by atoms with van der Waals surface area (Å²) in [6.45, 7) is 0. The number of nitrogens with zero attached hydrogens (tertiary/aromatic N) is 2. The summed E-state index contributed by atoms with van der Waals surface area (Å²) < 4.78 is 0. The van der Waals surface area contributed by atoms with Crippen LogP contribution in [-0.2, 0) is 4.79 Å². The molecule has 2 N–H and O–H groups in total. The maximum absolute atomic E-state index is 12.7. The zero-order valence-electron chi connectivity index (χ0n) is 14.6. The molecule has 3 atom stereocenters. The topological polar surface area (TPSA) is 106 Å². The molecule has 2 saturated carbocycles. The van der Waals surface area contributed by atoms with Crippen molar-refractivity contribution in [3.05, 3.63) is 35.4 Å². The summed E-state index contributed by atoms with van der Waals surface area (Å²) in [6.07, 6.45) is 5.35. The fourth-order valence-corrected chi connectivity index (χ4v) is 3.51. The van der Waals surface area contributed by atoms with E-state index in [-0.39, 0.29) is 29.7 Å². The number of carbonyl (C=O) groups is 2. The molecule has 0 radical (unpaired) electrons. The smallest absolute Gasteiger partial charge is 0.251 e. The van der Waals surface area contributed by atoms with Crippen LogP contribution in [0.1, 0.15) is 54.4 Å². The highest BCUT2D eigenvalue weighted by Gasteiger charge is 2.37. The largest absolute Gasteiger partial charge is 0.349 e. The third kappa shape index (κ3) is 4.21. The van der Waals surface area contributed by atoms with Crippen LogP contribution < -0.4 is 10.6 Å². The molecule has 0 saturated heterocycles. The molecule has 0 bridgehead atoms. The molecule has 6 nitrogen and oxygen atoms in total. The summed E-state index contributed by atoms with van der Waals surface area (Å²) in [4.78, 5) is 25.2. The average molecular weight is 350 g/mol. The van der Waals surface area contributed by atoms with Crippen molar-refractivity contribution in [2.45, 2.75) is 50.6 Å². The van der Waals surface area contributed by atoms with Gasteiger partial charge in [0, 0.05) is 11.6 Å². The van der Waals surface area contributed by atoms with Gasteiger partial charge in [0.25, 0.3) is 5.91 Å². The number of rotatable bonds is 5. The molecule has 2 fully saturated rings. The maximum atomic E-state index is 12.7. The molecule has 3 unspecified atom stereocenters. The number of hydrogen-bond acceptors (Lipinski definition) is 4. The van der Waals surface area contributed by atoms with Crippen molar-refractivity contribution < 1.29 is 9.59 Å². The van der Waals surface area contributed by atoms with Crippen LogP contribution >= 0.6 is 0 Å². The number of benzene rings is 1. The molecule has 1 aromatic carbocycles. The van der Waals surface area contributed by atoms with Crippen LogP contribution in [0.3, 0.4) is 0 Å². The van der Waals surface area contributed by atoms with Crippen LogP contribution in [-0.4, -0.2) is 23.9 Å². The summed E-state index contributed by atoms with van der Waals surface area (Å²) >= 11 is 0. The lowest BCUT2D eigenvalue weighted by atomic mass is 9.83. The van der Waals surface area contributed by atoms with E-state index in [1.54, 1.807) is 24.3 Å². The number of nitrogens with one attached hydrogen (secondary N) is 2. The highest BCUT2D eigenvalue weighted by atomic mass is 16.2. The fraction of sp³-hybridized carbons (Fsp3) is 0.500. The Balaban J connectivity index is 1.64. The van der Waals surface area contributed by atoms with Crippen molar-refractivity contribution in [1.29, 1.82) is 10.5 Å². The van der Waals surface area contributed by atoms with Gasteiger partial charge in [0.1, 0.15) is 6.04 Å². The summed E-state index contributed by atoms with van der Waals surface area (Å²) in [5, 5.41) is 23.9. The number of carbonyl (C=O) groups excluding carboxylic acids is 2. The van der Waals surface area contributed by atoms with Crippen LogP contribution in [0.25, 0.3) is 0 Å². The monoisotopic (exact) mass is 350 g/mol. The maximum Gasteiger partial charge on any atom is 0.251 e. The van der Waals surface area contributed by atoms with Gasteiger partial charge in [-0.15, -0.1) is 0 Å². The molecule has 0 aromatic heterocycles. The molecule has 3 rings (SSSR count). The van der Waals surface area contributed by atoms with Crippen LogP contribution in [0, 0.1) is 34.5 Å². The van der Waals surface area contributed by atoms with Crippen molar-refractivity contribution in [2.75, 3.05) is 0 Å². The average Bonchev–Trinajstić information content (AvgIpc) is 3.51. The van der Waals surface area contributed by atoms with Gasteiger partial charge < -0.3 is 10.6 Å². The lowest BCUT2D eigenvalue weighted by molar-refractivity contribution is -0.127. The third-order valence-electron chi connectivity index (χ3n) is 5.23. The molecule has 26 heavy (non-hydrogen) atoms. The van der Waals surface area contributed by atoms with Gasteiger partial charge in [0.15, 0.2) is 0 Å². The van der Waals surface area contributed by atoms with Crippen LogP contribution in [0.15, 0.2) is 24.3 Å². The fourth-order valence-electron chi connectivity index (χ4n) is 3.51. The molecule has 0 heterocycles. The van der Waals surface area contributed by atoms with Crippen molar-refractivity contribution in [3.8, 4) is 12.1 Å². The van der Waals surface area contributed by atoms with E-state index in [2.05, 4.69) is 16.7 Å². The molecule has 1 aromatic rings. The number of hydrogen-bond donors (Lipinski definition) is 2. The Hall–Kier alpha value is -2.86. The standard InChI is InChI=1S/C20H22N4O2/c21-11-13-5-7-15(8-6-13)19(25)23-17-4-2-1-3-16(17)20(26)24-18(12-22)14-9-10-14/h5-8,14,16-18H,1-4,9-10H2,(H,23,25)(H,24,26). The SMILES string of the molecule is N#Cc1ccc(C(=O)NC2CCCCC2C(=O)NC(C#N)C2CC2)cc1. The Kier molecular flexibility index (Phi) is 5.53. The van der Waals surface area contributed by atoms with Gasteiger partial charge in [-0.2, -0.15) is 10.5 Å².